The third kappa shape index (κ3) is 4.29. The van der Waals surface area contributed by atoms with E-state index in [4.69, 9.17) is 9.15 Å². The topological polar surface area (TPSA) is 71.7 Å². The number of hydrogen-bond acceptors (Lipinski definition) is 6. The van der Waals surface area contributed by atoms with Crippen LogP contribution in [0.2, 0.25) is 0 Å². The molecular formula is C18H24N4O3. The van der Waals surface area contributed by atoms with Crippen molar-refractivity contribution in [3.05, 3.63) is 35.7 Å². The van der Waals surface area contributed by atoms with Gasteiger partial charge in [-0.25, -0.2) is 0 Å². The minimum atomic E-state index is -0.00590. The number of ether oxygens (including phenoxy) is 1. The first kappa shape index (κ1) is 17.3. The minimum absolute atomic E-state index is 0.00590. The first-order chi connectivity index (χ1) is 12.0. The standard InChI is InChI=1S/C18H24N4O3/c1-13(2)17-19-20-18(25-17)22-10-8-21(9-11-22)16(23)12-24-15-6-4-14(3)5-7-15/h4-7,13H,8-12H2,1-3H3. The molecule has 134 valence electrons. The summed E-state index contributed by atoms with van der Waals surface area (Å²) in [4.78, 5) is 16.1. The summed E-state index contributed by atoms with van der Waals surface area (Å²) in [5.74, 6) is 1.56. The van der Waals surface area contributed by atoms with Crippen LogP contribution < -0.4 is 9.64 Å². The lowest BCUT2D eigenvalue weighted by molar-refractivity contribution is -0.133. The number of nitrogens with zero attached hydrogens (tertiary/aromatic N) is 4. The summed E-state index contributed by atoms with van der Waals surface area (Å²) in [6.45, 7) is 8.70. The summed E-state index contributed by atoms with van der Waals surface area (Å²) in [5.41, 5.74) is 1.16. The Morgan fingerprint density at radius 2 is 1.84 bits per heavy atom. The zero-order chi connectivity index (χ0) is 17.8. The lowest BCUT2D eigenvalue weighted by Crippen LogP contribution is -2.50. The molecule has 0 spiro atoms. The highest BCUT2D eigenvalue weighted by Crippen LogP contribution is 2.19. The number of benzene rings is 1. The molecule has 1 aliphatic heterocycles. The van der Waals surface area contributed by atoms with Crippen LogP contribution in [0.3, 0.4) is 0 Å². The van der Waals surface area contributed by atoms with Gasteiger partial charge in [-0.1, -0.05) is 36.6 Å². The number of carbonyl (C=O) groups is 1. The maximum atomic E-state index is 12.3. The molecule has 25 heavy (non-hydrogen) atoms. The first-order valence-electron chi connectivity index (χ1n) is 8.58. The van der Waals surface area contributed by atoms with E-state index in [0.717, 1.165) is 5.56 Å². The molecule has 0 N–H and O–H groups in total. The molecule has 0 unspecified atom stereocenters. The minimum Gasteiger partial charge on any atom is -0.484 e. The highest BCUT2D eigenvalue weighted by Gasteiger charge is 2.24. The predicted molar refractivity (Wildman–Crippen MR) is 93.9 cm³/mol. The van der Waals surface area contributed by atoms with Crippen molar-refractivity contribution in [1.29, 1.82) is 0 Å². The zero-order valence-corrected chi connectivity index (χ0v) is 14.9. The van der Waals surface area contributed by atoms with E-state index in [1.807, 2.05) is 54.8 Å². The molecule has 2 heterocycles. The molecule has 1 aromatic heterocycles. The Kier molecular flexibility index (Phi) is 5.21. The van der Waals surface area contributed by atoms with Gasteiger partial charge in [0.1, 0.15) is 5.75 Å². The molecule has 1 aliphatic rings. The van der Waals surface area contributed by atoms with Crippen molar-refractivity contribution in [2.45, 2.75) is 26.7 Å². The van der Waals surface area contributed by atoms with Crippen LogP contribution in [-0.4, -0.2) is 53.8 Å². The van der Waals surface area contributed by atoms with Crippen molar-refractivity contribution in [2.24, 2.45) is 0 Å². The summed E-state index contributed by atoms with van der Waals surface area (Å²) in [7, 11) is 0. The molecule has 1 amide bonds. The van der Waals surface area contributed by atoms with Crippen molar-refractivity contribution < 1.29 is 13.9 Å². The monoisotopic (exact) mass is 344 g/mol. The summed E-state index contributed by atoms with van der Waals surface area (Å²) in [6, 6.07) is 8.22. The van der Waals surface area contributed by atoms with Gasteiger partial charge >= 0.3 is 6.01 Å². The van der Waals surface area contributed by atoms with Crippen LogP contribution >= 0.6 is 0 Å². The van der Waals surface area contributed by atoms with Gasteiger partial charge in [0.25, 0.3) is 5.91 Å². The third-order valence-electron chi connectivity index (χ3n) is 4.21. The van der Waals surface area contributed by atoms with E-state index < -0.39 is 0 Å². The van der Waals surface area contributed by atoms with Crippen LogP contribution in [0.25, 0.3) is 0 Å². The van der Waals surface area contributed by atoms with E-state index in [0.29, 0.717) is 43.8 Å². The zero-order valence-electron chi connectivity index (χ0n) is 14.9. The Morgan fingerprint density at radius 3 is 2.44 bits per heavy atom. The van der Waals surface area contributed by atoms with Crippen molar-refractivity contribution >= 4 is 11.9 Å². The molecule has 0 aliphatic carbocycles. The van der Waals surface area contributed by atoms with E-state index in [2.05, 4.69) is 10.2 Å². The Hall–Kier alpha value is -2.57. The summed E-state index contributed by atoms with van der Waals surface area (Å²) in [6.07, 6.45) is 0. The molecular weight excluding hydrogens is 320 g/mol. The third-order valence-corrected chi connectivity index (χ3v) is 4.21. The molecule has 0 saturated carbocycles. The van der Waals surface area contributed by atoms with Gasteiger partial charge in [-0.05, 0) is 19.1 Å². The molecule has 2 aromatic rings. The van der Waals surface area contributed by atoms with E-state index in [1.165, 1.54) is 0 Å². The molecule has 0 atom stereocenters. The summed E-state index contributed by atoms with van der Waals surface area (Å²) < 4.78 is 11.2. The van der Waals surface area contributed by atoms with Gasteiger partial charge in [0.2, 0.25) is 5.89 Å². The number of aryl methyl sites for hydroxylation is 1. The number of aromatic nitrogens is 2. The fourth-order valence-corrected chi connectivity index (χ4v) is 2.61. The average Bonchev–Trinajstić information content (AvgIpc) is 3.11. The molecule has 1 fully saturated rings. The van der Waals surface area contributed by atoms with Gasteiger partial charge in [0.05, 0.1) is 0 Å². The second kappa shape index (κ2) is 7.55. The number of anilines is 1. The lowest BCUT2D eigenvalue weighted by atomic mass is 10.2. The number of piperazine rings is 1. The molecule has 3 rings (SSSR count). The van der Waals surface area contributed by atoms with Gasteiger partial charge in [-0.3, -0.25) is 4.79 Å². The smallest absolute Gasteiger partial charge is 0.318 e. The van der Waals surface area contributed by atoms with Gasteiger partial charge in [0.15, 0.2) is 6.61 Å². The molecule has 7 heteroatoms. The van der Waals surface area contributed by atoms with Crippen LogP contribution in [-0.2, 0) is 4.79 Å². The Bertz CT molecular complexity index is 703. The van der Waals surface area contributed by atoms with E-state index >= 15 is 0 Å². The van der Waals surface area contributed by atoms with Crippen molar-refractivity contribution in [3.63, 3.8) is 0 Å². The Balaban J connectivity index is 1.47. The second-order valence-electron chi connectivity index (χ2n) is 6.55. The van der Waals surface area contributed by atoms with E-state index in [9.17, 15) is 4.79 Å². The summed E-state index contributed by atoms with van der Waals surface area (Å²) in [5, 5.41) is 8.15. The quantitative estimate of drug-likeness (QED) is 0.828. The van der Waals surface area contributed by atoms with Gasteiger partial charge < -0.3 is 19.0 Å². The Labute approximate surface area is 147 Å². The van der Waals surface area contributed by atoms with Crippen LogP contribution in [0.1, 0.15) is 31.2 Å². The highest BCUT2D eigenvalue weighted by molar-refractivity contribution is 5.78. The second-order valence-corrected chi connectivity index (χ2v) is 6.55. The van der Waals surface area contributed by atoms with Gasteiger partial charge in [-0.2, -0.15) is 0 Å². The maximum Gasteiger partial charge on any atom is 0.318 e. The lowest BCUT2D eigenvalue weighted by Gasteiger charge is -2.33. The fraction of sp³-hybridized carbons (Fsp3) is 0.500. The Morgan fingerprint density at radius 1 is 1.16 bits per heavy atom. The molecule has 0 radical (unpaired) electrons. The van der Waals surface area contributed by atoms with E-state index in [1.54, 1.807) is 0 Å². The number of rotatable bonds is 5. The number of amides is 1. The van der Waals surface area contributed by atoms with Crippen molar-refractivity contribution in [2.75, 3.05) is 37.7 Å². The van der Waals surface area contributed by atoms with Crippen LogP contribution in [0, 0.1) is 6.92 Å². The molecule has 1 aromatic carbocycles. The average molecular weight is 344 g/mol. The highest BCUT2D eigenvalue weighted by atomic mass is 16.5. The molecule has 1 saturated heterocycles. The number of hydrogen-bond donors (Lipinski definition) is 0. The van der Waals surface area contributed by atoms with E-state index in [-0.39, 0.29) is 18.4 Å². The maximum absolute atomic E-state index is 12.3. The van der Waals surface area contributed by atoms with Crippen molar-refractivity contribution in [3.8, 4) is 5.75 Å². The van der Waals surface area contributed by atoms with Crippen LogP contribution in [0.15, 0.2) is 28.7 Å². The number of carbonyl (C=O) groups excluding carboxylic acids is 1. The molecule has 0 bridgehead atoms. The largest absolute Gasteiger partial charge is 0.484 e. The predicted octanol–water partition coefficient (Wildman–Crippen LogP) is 2.23. The SMILES string of the molecule is Cc1ccc(OCC(=O)N2CCN(c3nnc(C(C)C)o3)CC2)cc1. The molecule has 7 nitrogen and oxygen atoms in total. The van der Waals surface area contributed by atoms with Gasteiger partial charge in [0, 0.05) is 32.1 Å². The first-order valence-corrected chi connectivity index (χ1v) is 8.58. The van der Waals surface area contributed by atoms with Crippen LogP contribution in [0.4, 0.5) is 6.01 Å². The fourth-order valence-electron chi connectivity index (χ4n) is 2.61. The normalized spacial score (nSPS) is 14.9. The summed E-state index contributed by atoms with van der Waals surface area (Å²) >= 11 is 0. The van der Waals surface area contributed by atoms with Gasteiger partial charge in [-0.15, -0.1) is 5.10 Å². The van der Waals surface area contributed by atoms with Crippen molar-refractivity contribution in [1.82, 2.24) is 15.1 Å². The van der Waals surface area contributed by atoms with Crippen LogP contribution in [0.5, 0.6) is 5.75 Å².